The second-order valence-corrected chi connectivity index (χ2v) is 7.78. The highest BCUT2D eigenvalue weighted by Gasteiger charge is 2.37. The van der Waals surface area contributed by atoms with Crippen molar-refractivity contribution in [1.82, 2.24) is 4.90 Å². The Kier molecular flexibility index (Phi) is 7.00. The second kappa shape index (κ2) is 7.79. The second-order valence-electron chi connectivity index (χ2n) is 7.78. The summed E-state index contributed by atoms with van der Waals surface area (Å²) >= 11 is 0. The zero-order valence-electron chi connectivity index (χ0n) is 14.7. The molecule has 3 unspecified atom stereocenters. The van der Waals surface area contributed by atoms with Crippen LogP contribution in [0.5, 0.6) is 0 Å². The SMILES string of the molecule is CCC(CC)CN(CC)C1CC(C(C)(C)C)CCC1O. The van der Waals surface area contributed by atoms with Gasteiger partial charge in [0.05, 0.1) is 6.10 Å². The van der Waals surface area contributed by atoms with Gasteiger partial charge in [-0.3, -0.25) is 4.90 Å². The lowest BCUT2D eigenvalue weighted by molar-refractivity contribution is -0.0207. The van der Waals surface area contributed by atoms with Crippen LogP contribution in [0, 0.1) is 17.3 Å². The summed E-state index contributed by atoms with van der Waals surface area (Å²) in [6.07, 6.45) is 5.70. The molecule has 20 heavy (non-hydrogen) atoms. The van der Waals surface area contributed by atoms with E-state index in [1.54, 1.807) is 0 Å². The van der Waals surface area contributed by atoms with E-state index in [-0.39, 0.29) is 6.10 Å². The topological polar surface area (TPSA) is 23.5 Å². The Hall–Kier alpha value is -0.0800. The summed E-state index contributed by atoms with van der Waals surface area (Å²) in [6, 6.07) is 0.374. The van der Waals surface area contributed by atoms with Crippen LogP contribution in [-0.2, 0) is 0 Å². The molecule has 0 saturated heterocycles. The Morgan fingerprint density at radius 2 is 1.70 bits per heavy atom. The monoisotopic (exact) mass is 283 g/mol. The number of likely N-dealkylation sites (N-methyl/N-ethyl adjacent to an activating group) is 1. The highest BCUT2D eigenvalue weighted by molar-refractivity contribution is 4.91. The predicted molar refractivity (Wildman–Crippen MR) is 87.9 cm³/mol. The summed E-state index contributed by atoms with van der Waals surface area (Å²) in [5.41, 5.74) is 0.368. The molecule has 0 radical (unpaired) electrons. The first-order chi connectivity index (χ1) is 9.33. The van der Waals surface area contributed by atoms with Crippen molar-refractivity contribution < 1.29 is 5.11 Å². The van der Waals surface area contributed by atoms with Crippen molar-refractivity contribution in [2.75, 3.05) is 13.1 Å². The molecule has 0 aromatic carbocycles. The smallest absolute Gasteiger partial charge is 0.0695 e. The molecule has 1 saturated carbocycles. The zero-order chi connectivity index (χ0) is 15.3. The van der Waals surface area contributed by atoms with Crippen molar-refractivity contribution in [3.8, 4) is 0 Å². The molecule has 0 aromatic rings. The molecular formula is C18H37NO. The molecule has 120 valence electrons. The van der Waals surface area contributed by atoms with Crippen molar-refractivity contribution in [3.05, 3.63) is 0 Å². The Labute approximate surface area is 126 Å². The van der Waals surface area contributed by atoms with E-state index in [0.717, 1.165) is 31.3 Å². The average Bonchev–Trinajstić information content (AvgIpc) is 2.40. The highest BCUT2D eigenvalue weighted by atomic mass is 16.3. The zero-order valence-corrected chi connectivity index (χ0v) is 14.7. The quantitative estimate of drug-likeness (QED) is 0.784. The fraction of sp³-hybridized carbons (Fsp3) is 1.00. The third-order valence-corrected chi connectivity index (χ3v) is 5.53. The molecule has 0 heterocycles. The van der Waals surface area contributed by atoms with Crippen LogP contribution in [0.4, 0.5) is 0 Å². The van der Waals surface area contributed by atoms with E-state index in [2.05, 4.69) is 46.4 Å². The van der Waals surface area contributed by atoms with Crippen LogP contribution in [0.3, 0.4) is 0 Å². The molecule has 1 aliphatic rings. The van der Waals surface area contributed by atoms with E-state index in [9.17, 15) is 5.11 Å². The molecule has 2 nitrogen and oxygen atoms in total. The Morgan fingerprint density at radius 3 is 2.15 bits per heavy atom. The summed E-state index contributed by atoms with van der Waals surface area (Å²) in [5.74, 6) is 1.52. The molecule has 1 fully saturated rings. The maximum absolute atomic E-state index is 10.5. The van der Waals surface area contributed by atoms with Gasteiger partial charge in [0.2, 0.25) is 0 Å². The third kappa shape index (κ3) is 4.73. The molecule has 3 atom stereocenters. The average molecular weight is 283 g/mol. The van der Waals surface area contributed by atoms with Gasteiger partial charge in [0.25, 0.3) is 0 Å². The molecule has 0 amide bonds. The lowest BCUT2D eigenvalue weighted by atomic mass is 9.70. The highest BCUT2D eigenvalue weighted by Crippen LogP contribution is 2.39. The van der Waals surface area contributed by atoms with Crippen LogP contribution >= 0.6 is 0 Å². The minimum Gasteiger partial charge on any atom is -0.391 e. The van der Waals surface area contributed by atoms with Crippen molar-refractivity contribution in [2.24, 2.45) is 17.3 Å². The number of aliphatic hydroxyl groups excluding tert-OH is 1. The fourth-order valence-electron chi connectivity index (χ4n) is 3.69. The number of rotatable bonds is 6. The molecule has 0 aromatic heterocycles. The molecule has 2 heteroatoms. The first-order valence-electron chi connectivity index (χ1n) is 8.75. The summed E-state index contributed by atoms with van der Waals surface area (Å²) in [6.45, 7) is 16.1. The summed E-state index contributed by atoms with van der Waals surface area (Å²) in [7, 11) is 0. The molecule has 0 bridgehead atoms. The van der Waals surface area contributed by atoms with Crippen LogP contribution in [-0.4, -0.2) is 35.2 Å². The van der Waals surface area contributed by atoms with Gasteiger partial charge in [-0.2, -0.15) is 0 Å². The first kappa shape index (κ1) is 18.0. The molecule has 1 N–H and O–H groups in total. The number of hydrogen-bond donors (Lipinski definition) is 1. The molecule has 0 spiro atoms. The standard InChI is InChI=1S/C18H37NO/c1-7-14(8-2)13-19(9-3)16-12-15(18(4,5)6)10-11-17(16)20/h14-17,20H,7-13H2,1-6H3. The first-order valence-corrected chi connectivity index (χ1v) is 8.75. The Morgan fingerprint density at radius 1 is 1.10 bits per heavy atom. The van der Waals surface area contributed by atoms with Crippen LogP contribution in [0.2, 0.25) is 0 Å². The molecular weight excluding hydrogens is 246 g/mol. The number of hydrogen-bond acceptors (Lipinski definition) is 2. The van der Waals surface area contributed by atoms with Gasteiger partial charge in [0.15, 0.2) is 0 Å². The van der Waals surface area contributed by atoms with Gasteiger partial charge in [-0.05, 0) is 43.1 Å². The lowest BCUT2D eigenvalue weighted by Crippen LogP contribution is -2.50. The minimum atomic E-state index is -0.122. The van der Waals surface area contributed by atoms with Gasteiger partial charge >= 0.3 is 0 Å². The van der Waals surface area contributed by atoms with E-state index >= 15 is 0 Å². The number of nitrogens with zero attached hydrogens (tertiary/aromatic N) is 1. The van der Waals surface area contributed by atoms with Gasteiger partial charge in [-0.15, -0.1) is 0 Å². The maximum atomic E-state index is 10.5. The molecule has 1 aliphatic carbocycles. The van der Waals surface area contributed by atoms with E-state index in [1.807, 2.05) is 0 Å². The van der Waals surface area contributed by atoms with E-state index in [1.165, 1.54) is 25.7 Å². The maximum Gasteiger partial charge on any atom is 0.0695 e. The lowest BCUT2D eigenvalue weighted by Gasteiger charge is -2.45. The molecule has 0 aliphatic heterocycles. The number of aliphatic hydroxyl groups is 1. The van der Waals surface area contributed by atoms with Crippen LogP contribution < -0.4 is 0 Å². The van der Waals surface area contributed by atoms with E-state index in [0.29, 0.717) is 11.5 Å². The van der Waals surface area contributed by atoms with Gasteiger partial charge in [-0.25, -0.2) is 0 Å². The van der Waals surface area contributed by atoms with Crippen LogP contribution in [0.1, 0.15) is 73.6 Å². The normalized spacial score (nSPS) is 28.4. The largest absolute Gasteiger partial charge is 0.391 e. The van der Waals surface area contributed by atoms with Crippen molar-refractivity contribution >= 4 is 0 Å². The van der Waals surface area contributed by atoms with E-state index in [4.69, 9.17) is 0 Å². The predicted octanol–water partition coefficient (Wildman–Crippen LogP) is 4.32. The molecule has 1 rings (SSSR count). The summed E-state index contributed by atoms with van der Waals surface area (Å²) in [5, 5.41) is 10.5. The van der Waals surface area contributed by atoms with Gasteiger partial charge in [-0.1, -0.05) is 54.4 Å². The minimum absolute atomic E-state index is 0.122. The van der Waals surface area contributed by atoms with Gasteiger partial charge < -0.3 is 5.11 Å². The van der Waals surface area contributed by atoms with Crippen molar-refractivity contribution in [3.63, 3.8) is 0 Å². The summed E-state index contributed by atoms with van der Waals surface area (Å²) in [4.78, 5) is 2.56. The van der Waals surface area contributed by atoms with Gasteiger partial charge in [0.1, 0.15) is 0 Å². The van der Waals surface area contributed by atoms with Gasteiger partial charge in [0, 0.05) is 12.6 Å². The van der Waals surface area contributed by atoms with E-state index < -0.39 is 0 Å². The Balaban J connectivity index is 2.73. The Bertz CT molecular complexity index is 267. The van der Waals surface area contributed by atoms with Crippen molar-refractivity contribution in [2.45, 2.75) is 85.8 Å². The summed E-state index contributed by atoms with van der Waals surface area (Å²) < 4.78 is 0. The van der Waals surface area contributed by atoms with Crippen molar-refractivity contribution in [1.29, 1.82) is 0 Å². The third-order valence-electron chi connectivity index (χ3n) is 5.53. The van der Waals surface area contributed by atoms with Crippen LogP contribution in [0.25, 0.3) is 0 Å². The van der Waals surface area contributed by atoms with Crippen LogP contribution in [0.15, 0.2) is 0 Å². The fourth-order valence-corrected chi connectivity index (χ4v) is 3.69.